The minimum absolute atomic E-state index is 0.0177. The van der Waals surface area contributed by atoms with Gasteiger partial charge in [-0.05, 0) is 12.8 Å². The number of amides is 1. The van der Waals surface area contributed by atoms with Crippen LogP contribution >= 0.6 is 0 Å². The first-order chi connectivity index (χ1) is 9.22. The van der Waals surface area contributed by atoms with E-state index in [1.807, 2.05) is 0 Å². The first-order valence-corrected chi connectivity index (χ1v) is 6.32. The lowest BCUT2D eigenvalue weighted by molar-refractivity contribution is -0.123. The van der Waals surface area contributed by atoms with Gasteiger partial charge >= 0.3 is 0 Å². The highest BCUT2D eigenvalue weighted by molar-refractivity contribution is 5.85. The molecule has 104 valence electrons. The minimum atomic E-state index is -0.233. The van der Waals surface area contributed by atoms with Crippen LogP contribution in [0.2, 0.25) is 0 Å². The molecule has 1 aliphatic rings. The number of hydrogen-bond donors (Lipinski definition) is 3. The SMILES string of the molecule is CNc1cc(NC2CCCNC2=O)nc(COC)n1. The predicted molar refractivity (Wildman–Crippen MR) is 71.9 cm³/mol. The van der Waals surface area contributed by atoms with Crippen molar-refractivity contribution in [3.8, 4) is 0 Å². The van der Waals surface area contributed by atoms with E-state index >= 15 is 0 Å². The Kier molecular flexibility index (Phi) is 4.51. The van der Waals surface area contributed by atoms with Crippen molar-refractivity contribution in [2.75, 3.05) is 31.3 Å². The summed E-state index contributed by atoms with van der Waals surface area (Å²) in [5, 5.41) is 8.95. The van der Waals surface area contributed by atoms with Gasteiger partial charge in [-0.15, -0.1) is 0 Å². The van der Waals surface area contributed by atoms with Gasteiger partial charge in [-0.25, -0.2) is 9.97 Å². The Morgan fingerprint density at radius 3 is 2.95 bits per heavy atom. The predicted octanol–water partition coefficient (Wildman–Crippen LogP) is 0.355. The summed E-state index contributed by atoms with van der Waals surface area (Å²) in [6.45, 7) is 1.08. The average molecular weight is 265 g/mol. The molecular formula is C12H19N5O2. The summed E-state index contributed by atoms with van der Waals surface area (Å²) in [4.78, 5) is 20.3. The molecule has 1 saturated heterocycles. The summed E-state index contributed by atoms with van der Waals surface area (Å²) in [5.74, 6) is 1.92. The number of carbonyl (C=O) groups excluding carboxylic acids is 1. The Hall–Kier alpha value is -1.89. The molecule has 3 N–H and O–H groups in total. The normalized spacial score (nSPS) is 18.8. The van der Waals surface area contributed by atoms with E-state index in [0.717, 1.165) is 19.4 Å². The maximum Gasteiger partial charge on any atom is 0.242 e. The molecule has 1 aliphatic heterocycles. The van der Waals surface area contributed by atoms with Crippen LogP contribution in [0.3, 0.4) is 0 Å². The van der Waals surface area contributed by atoms with Crippen molar-refractivity contribution in [2.45, 2.75) is 25.5 Å². The van der Waals surface area contributed by atoms with E-state index in [9.17, 15) is 4.79 Å². The smallest absolute Gasteiger partial charge is 0.242 e. The fourth-order valence-corrected chi connectivity index (χ4v) is 1.98. The maximum atomic E-state index is 11.7. The Balaban J connectivity index is 2.13. The van der Waals surface area contributed by atoms with Crippen LogP contribution in [-0.2, 0) is 16.1 Å². The quantitative estimate of drug-likeness (QED) is 0.712. The molecule has 0 bridgehead atoms. The van der Waals surface area contributed by atoms with Crippen molar-refractivity contribution in [2.24, 2.45) is 0 Å². The molecular weight excluding hydrogens is 246 g/mol. The van der Waals surface area contributed by atoms with E-state index in [1.54, 1.807) is 20.2 Å². The van der Waals surface area contributed by atoms with Gasteiger partial charge in [0.05, 0.1) is 0 Å². The number of ether oxygens (including phenoxy) is 1. The highest BCUT2D eigenvalue weighted by Gasteiger charge is 2.22. The van der Waals surface area contributed by atoms with Crippen LogP contribution in [0, 0.1) is 0 Å². The van der Waals surface area contributed by atoms with E-state index in [2.05, 4.69) is 25.9 Å². The Morgan fingerprint density at radius 2 is 2.26 bits per heavy atom. The number of nitrogens with one attached hydrogen (secondary N) is 3. The number of piperidine rings is 1. The van der Waals surface area contributed by atoms with Crippen LogP contribution in [0.4, 0.5) is 11.6 Å². The summed E-state index contributed by atoms with van der Waals surface area (Å²) < 4.78 is 5.03. The van der Waals surface area contributed by atoms with Crippen molar-refractivity contribution in [3.63, 3.8) is 0 Å². The van der Waals surface area contributed by atoms with Crippen molar-refractivity contribution in [1.82, 2.24) is 15.3 Å². The van der Waals surface area contributed by atoms with Crippen molar-refractivity contribution in [1.29, 1.82) is 0 Å². The molecule has 0 aliphatic carbocycles. The molecule has 1 aromatic rings. The third kappa shape index (κ3) is 3.54. The highest BCUT2D eigenvalue weighted by atomic mass is 16.5. The molecule has 1 aromatic heterocycles. The minimum Gasteiger partial charge on any atom is -0.377 e. The number of aromatic nitrogens is 2. The summed E-state index contributed by atoms with van der Waals surface area (Å²) >= 11 is 0. The fraction of sp³-hybridized carbons (Fsp3) is 0.583. The first-order valence-electron chi connectivity index (χ1n) is 6.32. The molecule has 2 rings (SSSR count). The van der Waals surface area contributed by atoms with Gasteiger partial charge in [0.25, 0.3) is 0 Å². The molecule has 0 aromatic carbocycles. The largest absolute Gasteiger partial charge is 0.377 e. The van der Waals surface area contributed by atoms with E-state index in [1.165, 1.54) is 0 Å². The molecule has 0 saturated carbocycles. The van der Waals surface area contributed by atoms with Crippen LogP contribution in [0.25, 0.3) is 0 Å². The number of rotatable bonds is 5. The average Bonchev–Trinajstić information content (AvgIpc) is 2.41. The summed E-state index contributed by atoms with van der Waals surface area (Å²) in [5.41, 5.74) is 0. The summed E-state index contributed by atoms with van der Waals surface area (Å²) in [6, 6.07) is 1.55. The second-order valence-electron chi connectivity index (χ2n) is 4.37. The molecule has 1 unspecified atom stereocenters. The molecule has 1 fully saturated rings. The molecule has 1 amide bonds. The standard InChI is InChI=1S/C12H19N5O2/c1-13-9-6-10(17-11(16-9)7-19-2)15-8-4-3-5-14-12(8)18/h6,8H,3-5,7H2,1-2H3,(H,14,18)(H2,13,15,16,17). The second kappa shape index (κ2) is 6.33. The Labute approximate surface area is 112 Å². The molecule has 2 heterocycles. The second-order valence-corrected chi connectivity index (χ2v) is 4.37. The monoisotopic (exact) mass is 265 g/mol. The number of hydrogen-bond acceptors (Lipinski definition) is 6. The van der Waals surface area contributed by atoms with Gasteiger partial charge in [0.15, 0.2) is 5.82 Å². The first kappa shape index (κ1) is 13.5. The number of nitrogens with zero attached hydrogens (tertiary/aromatic N) is 2. The van der Waals surface area contributed by atoms with Crippen molar-refractivity contribution < 1.29 is 9.53 Å². The summed E-state index contributed by atoms with van der Waals surface area (Å²) in [7, 11) is 3.38. The van der Waals surface area contributed by atoms with E-state index in [-0.39, 0.29) is 11.9 Å². The number of carbonyl (C=O) groups is 1. The van der Waals surface area contributed by atoms with E-state index < -0.39 is 0 Å². The van der Waals surface area contributed by atoms with Crippen LogP contribution in [0.5, 0.6) is 0 Å². The van der Waals surface area contributed by atoms with Gasteiger partial charge in [-0.1, -0.05) is 0 Å². The Morgan fingerprint density at radius 1 is 1.47 bits per heavy atom. The van der Waals surface area contributed by atoms with Crippen LogP contribution in [-0.4, -0.2) is 42.6 Å². The van der Waals surface area contributed by atoms with Gasteiger partial charge < -0.3 is 20.7 Å². The van der Waals surface area contributed by atoms with Crippen LogP contribution in [0.15, 0.2) is 6.07 Å². The van der Waals surface area contributed by atoms with Gasteiger partial charge in [0, 0.05) is 26.8 Å². The summed E-state index contributed by atoms with van der Waals surface area (Å²) in [6.07, 6.45) is 1.78. The third-order valence-electron chi connectivity index (χ3n) is 2.91. The lowest BCUT2D eigenvalue weighted by Crippen LogP contribution is -2.44. The molecule has 1 atom stereocenters. The molecule has 0 spiro atoms. The van der Waals surface area contributed by atoms with Crippen molar-refractivity contribution >= 4 is 17.5 Å². The van der Waals surface area contributed by atoms with Gasteiger partial charge in [-0.3, -0.25) is 4.79 Å². The third-order valence-corrected chi connectivity index (χ3v) is 2.91. The fourth-order valence-electron chi connectivity index (χ4n) is 1.98. The molecule has 19 heavy (non-hydrogen) atoms. The van der Waals surface area contributed by atoms with Gasteiger partial charge in [0.1, 0.15) is 24.3 Å². The van der Waals surface area contributed by atoms with Crippen molar-refractivity contribution in [3.05, 3.63) is 11.9 Å². The number of methoxy groups -OCH3 is 1. The van der Waals surface area contributed by atoms with E-state index in [0.29, 0.717) is 24.1 Å². The molecule has 7 heteroatoms. The molecule has 7 nitrogen and oxygen atoms in total. The van der Waals surface area contributed by atoms with Crippen LogP contribution < -0.4 is 16.0 Å². The van der Waals surface area contributed by atoms with Gasteiger partial charge in [0.2, 0.25) is 5.91 Å². The lowest BCUT2D eigenvalue weighted by Gasteiger charge is -2.23. The maximum absolute atomic E-state index is 11.7. The molecule has 0 radical (unpaired) electrons. The zero-order valence-corrected chi connectivity index (χ0v) is 11.2. The zero-order chi connectivity index (χ0) is 13.7. The van der Waals surface area contributed by atoms with E-state index in [4.69, 9.17) is 4.74 Å². The highest BCUT2D eigenvalue weighted by Crippen LogP contribution is 2.15. The Bertz CT molecular complexity index is 452. The lowest BCUT2D eigenvalue weighted by atomic mass is 10.1. The number of anilines is 2. The van der Waals surface area contributed by atoms with Gasteiger partial charge in [-0.2, -0.15) is 0 Å². The van der Waals surface area contributed by atoms with Crippen LogP contribution in [0.1, 0.15) is 18.7 Å². The zero-order valence-electron chi connectivity index (χ0n) is 11.2. The topological polar surface area (TPSA) is 88.2 Å².